The van der Waals surface area contributed by atoms with Crippen molar-refractivity contribution < 1.29 is 19.9 Å². The molecule has 0 spiro atoms. The van der Waals surface area contributed by atoms with Crippen LogP contribution in [-0.4, -0.2) is 23.5 Å². The van der Waals surface area contributed by atoms with Crippen LogP contribution in [0.15, 0.2) is 42.5 Å². The average Bonchev–Trinajstić information content (AvgIpc) is 2.53. The molecule has 0 saturated heterocycles. The molecule has 0 unspecified atom stereocenters. The van der Waals surface area contributed by atoms with Crippen LogP contribution in [0.1, 0.15) is 6.42 Å². The maximum absolute atomic E-state index is 10.4. The van der Waals surface area contributed by atoms with Crippen LogP contribution in [0.4, 0.5) is 5.69 Å². The molecule has 0 fully saturated rings. The molecule has 21 heavy (non-hydrogen) atoms. The van der Waals surface area contributed by atoms with Gasteiger partial charge >= 0.3 is 22.1 Å². The molecule has 3 rings (SSSR count). The highest BCUT2D eigenvalue weighted by Crippen LogP contribution is 2.16. The molecular formula is C15H18N4O2+2. The van der Waals surface area contributed by atoms with E-state index in [0.717, 1.165) is 28.1 Å². The van der Waals surface area contributed by atoms with E-state index < -0.39 is 0 Å². The maximum atomic E-state index is 10.4. The number of nitrogens with one attached hydrogen (secondary N) is 1. The summed E-state index contributed by atoms with van der Waals surface area (Å²) in [5.41, 5.74) is 8.46. The summed E-state index contributed by atoms with van der Waals surface area (Å²) in [5.74, 6) is 0. The first-order valence-electron chi connectivity index (χ1n) is 6.87. The van der Waals surface area contributed by atoms with Crippen LogP contribution in [0.5, 0.6) is 0 Å². The van der Waals surface area contributed by atoms with Gasteiger partial charge in [-0.15, -0.1) is 0 Å². The summed E-state index contributed by atoms with van der Waals surface area (Å²) in [6, 6.07) is 12.5. The lowest BCUT2D eigenvalue weighted by Gasteiger charge is -2.04. The van der Waals surface area contributed by atoms with Crippen molar-refractivity contribution in [2.75, 3.05) is 18.4 Å². The topological polar surface area (TPSA) is 86.3 Å². The third-order valence-electron chi connectivity index (χ3n) is 3.48. The second-order valence-electron chi connectivity index (χ2n) is 4.88. The fraction of sp³-hybridized carbons (Fsp3) is 0.200. The number of aromatic nitrogens is 2. The van der Waals surface area contributed by atoms with E-state index in [0.29, 0.717) is 28.6 Å². The van der Waals surface area contributed by atoms with Gasteiger partial charge < -0.3 is 11.1 Å². The Kier molecular flexibility index (Phi) is 3.45. The smallest absolute Gasteiger partial charge is 0.335 e. The van der Waals surface area contributed by atoms with Crippen molar-refractivity contribution in [1.82, 2.24) is 0 Å². The molecule has 0 saturated carbocycles. The van der Waals surface area contributed by atoms with Crippen LogP contribution in [-0.2, 0) is 0 Å². The second kappa shape index (κ2) is 5.41. The fourth-order valence-corrected chi connectivity index (χ4v) is 2.40. The van der Waals surface area contributed by atoms with Gasteiger partial charge in [-0.3, -0.25) is 10.4 Å². The highest BCUT2D eigenvalue weighted by atomic mass is 16.5. The number of fused-ring (bicyclic) bond motifs is 2. The molecule has 2 aromatic carbocycles. The van der Waals surface area contributed by atoms with E-state index in [4.69, 9.17) is 5.73 Å². The Labute approximate surface area is 121 Å². The Bertz CT molecular complexity index is 804. The number of nitrogens with two attached hydrogens (primary N) is 1. The average molecular weight is 286 g/mol. The Morgan fingerprint density at radius 1 is 0.905 bits per heavy atom. The molecular weight excluding hydrogens is 268 g/mol. The van der Waals surface area contributed by atoms with Gasteiger partial charge in [-0.2, -0.15) is 0 Å². The number of para-hydroxylation sites is 2. The third kappa shape index (κ3) is 2.30. The minimum Gasteiger partial charge on any atom is -0.385 e. The molecule has 3 aromatic rings. The zero-order valence-corrected chi connectivity index (χ0v) is 11.5. The summed E-state index contributed by atoms with van der Waals surface area (Å²) in [7, 11) is 0. The van der Waals surface area contributed by atoms with E-state index in [2.05, 4.69) is 5.32 Å². The van der Waals surface area contributed by atoms with Crippen LogP contribution in [0, 0.1) is 0 Å². The predicted molar refractivity (Wildman–Crippen MR) is 78.4 cm³/mol. The van der Waals surface area contributed by atoms with Gasteiger partial charge in [0.25, 0.3) is 0 Å². The first kappa shape index (κ1) is 13.4. The van der Waals surface area contributed by atoms with Crippen LogP contribution in [0.2, 0.25) is 0 Å². The van der Waals surface area contributed by atoms with Gasteiger partial charge in [0.2, 0.25) is 0 Å². The molecule has 0 aliphatic heterocycles. The van der Waals surface area contributed by atoms with Gasteiger partial charge in [0.05, 0.1) is 0 Å². The van der Waals surface area contributed by atoms with E-state index >= 15 is 0 Å². The number of hydrogen-bond donors (Lipinski definition) is 4. The van der Waals surface area contributed by atoms with E-state index in [1.807, 2.05) is 18.2 Å². The maximum Gasteiger partial charge on any atom is 0.335 e. The third-order valence-corrected chi connectivity index (χ3v) is 3.48. The van der Waals surface area contributed by atoms with Gasteiger partial charge in [0.15, 0.2) is 0 Å². The van der Waals surface area contributed by atoms with Crippen LogP contribution >= 0.6 is 0 Å². The summed E-state index contributed by atoms with van der Waals surface area (Å²) >= 11 is 0. The standard InChI is InChI=1S/C15H17N4O2/c16-8-3-9-17-11-6-7-14-15(10-11)19(21)13-5-2-1-4-12(13)18(14)20/h1-2,4-7,10,21H,3,8-9,16H2,(H,17,20)/q+1/p+1. The largest absolute Gasteiger partial charge is 0.385 e. The number of anilines is 1. The van der Waals surface area contributed by atoms with Crippen molar-refractivity contribution in [3.63, 3.8) is 0 Å². The summed E-state index contributed by atoms with van der Waals surface area (Å²) in [6.07, 6.45) is 0.870. The van der Waals surface area contributed by atoms with E-state index in [1.54, 1.807) is 24.3 Å². The second-order valence-corrected chi connectivity index (χ2v) is 4.88. The first-order valence-corrected chi connectivity index (χ1v) is 6.87. The lowest BCUT2D eigenvalue weighted by Crippen LogP contribution is -2.42. The van der Waals surface area contributed by atoms with Crippen molar-refractivity contribution >= 4 is 27.8 Å². The monoisotopic (exact) mass is 286 g/mol. The van der Waals surface area contributed by atoms with E-state index in [9.17, 15) is 10.4 Å². The fourth-order valence-electron chi connectivity index (χ4n) is 2.40. The zero-order valence-electron chi connectivity index (χ0n) is 11.5. The molecule has 6 nitrogen and oxygen atoms in total. The van der Waals surface area contributed by atoms with Crippen molar-refractivity contribution in [2.24, 2.45) is 5.73 Å². The predicted octanol–water partition coefficient (Wildman–Crippen LogP) is 0.803. The summed E-state index contributed by atoms with van der Waals surface area (Å²) in [4.78, 5) is 0. The Hall–Kier alpha value is -2.60. The minimum atomic E-state index is 0.522. The molecule has 1 aromatic heterocycles. The molecule has 5 N–H and O–H groups in total. The van der Waals surface area contributed by atoms with Crippen LogP contribution < -0.4 is 20.5 Å². The van der Waals surface area contributed by atoms with Gasteiger partial charge in [-0.1, -0.05) is 12.1 Å². The molecule has 1 heterocycles. The Balaban J connectivity index is 2.16. The highest BCUT2D eigenvalue weighted by molar-refractivity contribution is 5.78. The van der Waals surface area contributed by atoms with Crippen molar-refractivity contribution in [1.29, 1.82) is 0 Å². The van der Waals surface area contributed by atoms with Gasteiger partial charge in [-0.25, -0.2) is 0 Å². The van der Waals surface area contributed by atoms with Gasteiger partial charge in [-0.05, 0) is 19.0 Å². The van der Waals surface area contributed by atoms with E-state index in [1.165, 1.54) is 0 Å². The van der Waals surface area contributed by atoms with Gasteiger partial charge in [0.1, 0.15) is 0 Å². The molecule has 0 aliphatic carbocycles. The normalized spacial score (nSPS) is 11.1. The Morgan fingerprint density at radius 2 is 1.52 bits per heavy atom. The van der Waals surface area contributed by atoms with Crippen LogP contribution in [0.3, 0.4) is 0 Å². The summed E-state index contributed by atoms with van der Waals surface area (Å²) < 4.78 is 2.17. The van der Waals surface area contributed by atoms with Crippen molar-refractivity contribution in [3.8, 4) is 0 Å². The first-order chi connectivity index (χ1) is 10.2. The summed E-state index contributed by atoms with van der Waals surface area (Å²) in [5, 5.41) is 23.9. The summed E-state index contributed by atoms with van der Waals surface area (Å²) in [6.45, 7) is 1.39. The lowest BCUT2D eigenvalue weighted by molar-refractivity contribution is -0.894. The number of rotatable bonds is 4. The molecule has 0 aliphatic rings. The number of nitrogens with zero attached hydrogens (tertiary/aromatic N) is 2. The molecule has 0 radical (unpaired) electrons. The lowest BCUT2D eigenvalue weighted by atomic mass is 10.2. The zero-order chi connectivity index (χ0) is 14.8. The number of hydrogen-bond acceptors (Lipinski definition) is 4. The number of benzene rings is 2. The van der Waals surface area contributed by atoms with Crippen LogP contribution in [0.25, 0.3) is 22.1 Å². The molecule has 0 amide bonds. The minimum absolute atomic E-state index is 0.522. The van der Waals surface area contributed by atoms with E-state index in [-0.39, 0.29) is 0 Å². The van der Waals surface area contributed by atoms with Crippen molar-refractivity contribution in [2.45, 2.75) is 6.42 Å². The highest BCUT2D eigenvalue weighted by Gasteiger charge is 2.27. The Morgan fingerprint density at radius 3 is 2.19 bits per heavy atom. The van der Waals surface area contributed by atoms with Crippen molar-refractivity contribution in [3.05, 3.63) is 42.5 Å². The molecule has 0 bridgehead atoms. The molecule has 108 valence electrons. The SMILES string of the molecule is NCCCNc1ccc2c(c1)[n+](O)c1ccccc1[n+]2O. The van der Waals surface area contributed by atoms with Gasteiger partial charge in [0, 0.05) is 46.0 Å². The quantitative estimate of drug-likeness (QED) is 0.247. The molecule has 0 atom stereocenters. The molecule has 6 heteroatoms.